The minimum Gasteiger partial charge on any atom is -0.119 e. The van der Waals surface area contributed by atoms with Gasteiger partial charge in [-0.25, -0.2) is 0 Å². The van der Waals surface area contributed by atoms with Crippen LogP contribution in [0.2, 0.25) is 0 Å². The van der Waals surface area contributed by atoms with E-state index in [4.69, 9.17) is 6.42 Å². The van der Waals surface area contributed by atoms with Gasteiger partial charge in [-0.3, -0.25) is 0 Å². The highest BCUT2D eigenvalue weighted by Gasteiger charge is 1.59. The molecule has 0 aliphatic rings. The van der Waals surface area contributed by atoms with Crippen molar-refractivity contribution in [3.63, 3.8) is 0 Å². The minimum absolute atomic E-state index is 0.591. The lowest BCUT2D eigenvalue weighted by molar-refractivity contribution is 1.27. The molecule has 0 nitrogen and oxygen atoms in total. The van der Waals surface area contributed by atoms with Crippen LogP contribution in [-0.4, -0.2) is 0 Å². The van der Waals surface area contributed by atoms with Crippen molar-refractivity contribution in [1.29, 1.82) is 0 Å². The van der Waals surface area contributed by atoms with Crippen molar-refractivity contribution < 1.29 is 0 Å². The molecule has 0 N–H and O–H groups in total. The first-order chi connectivity index (χ1) is 3.41. The smallest absolute Gasteiger partial charge is 0.0700 e. The first-order valence-electron chi connectivity index (χ1n) is 2.31. The summed E-state index contributed by atoms with van der Waals surface area (Å²) in [4.78, 5) is 0. The Morgan fingerprint density at radius 2 is 2.14 bits per heavy atom. The van der Waals surface area contributed by atoms with Gasteiger partial charge in [-0.15, -0.1) is 12.3 Å². The Kier molecular flexibility index (Phi) is 4.48. The van der Waals surface area contributed by atoms with Crippen LogP contribution in [-0.2, 0) is 0 Å². The number of hydrogen-bond acceptors (Lipinski definition) is 0. The lowest BCUT2D eigenvalue weighted by Crippen LogP contribution is -1.55. The molecule has 0 saturated carbocycles. The monoisotopic (exact) mass is 92.1 g/mol. The van der Waals surface area contributed by atoms with Gasteiger partial charge in [0.2, 0.25) is 0 Å². The normalized spacial score (nSPS) is 5.71. The van der Waals surface area contributed by atoms with E-state index in [0.29, 0.717) is 6.42 Å². The van der Waals surface area contributed by atoms with Crippen LogP contribution in [0.25, 0.3) is 0 Å². The second-order valence-electron chi connectivity index (χ2n) is 1.09. The molecular weight excluding hydrogens is 84.1 g/mol. The third kappa shape index (κ3) is 5.12. The molecule has 0 unspecified atom stereocenters. The van der Waals surface area contributed by atoms with Gasteiger partial charge in [-0.05, 0) is 0 Å². The van der Waals surface area contributed by atoms with Crippen LogP contribution in [0.3, 0.4) is 0 Å². The van der Waals surface area contributed by atoms with Gasteiger partial charge in [0, 0.05) is 6.42 Å². The lowest BCUT2D eigenvalue weighted by atomic mass is 10.4. The summed E-state index contributed by atoms with van der Waals surface area (Å²) < 4.78 is 0. The van der Waals surface area contributed by atoms with Crippen molar-refractivity contribution in [2.24, 2.45) is 0 Å². The molecule has 0 fully saturated rings. The molecule has 0 spiro atoms. The number of rotatable bonds is 0. The molecule has 36 valence electrons. The van der Waals surface area contributed by atoms with Crippen LogP contribution in [0.5, 0.6) is 0 Å². The van der Waals surface area contributed by atoms with Crippen molar-refractivity contribution in [1.82, 2.24) is 0 Å². The van der Waals surface area contributed by atoms with Crippen molar-refractivity contribution in [2.45, 2.75) is 19.8 Å². The van der Waals surface area contributed by atoms with E-state index in [0.717, 1.165) is 6.42 Å². The first kappa shape index (κ1) is 6.12. The molecule has 0 heteroatoms. The Labute approximate surface area is 44.9 Å². The Bertz CT molecular complexity index is 115. The van der Waals surface area contributed by atoms with Gasteiger partial charge >= 0.3 is 0 Å². The molecule has 0 aliphatic carbocycles. The van der Waals surface area contributed by atoms with Crippen molar-refractivity contribution >= 4 is 0 Å². The Hall–Kier alpha value is -0.880. The standard InChI is InChI=1S/C7H8/c1-3-5-7-6-4-2/h1H,4-5H2,2H3. The molecule has 0 heterocycles. The highest BCUT2D eigenvalue weighted by Crippen LogP contribution is 1.70. The number of hydrogen-bond donors (Lipinski definition) is 0. The third-order valence-corrected chi connectivity index (χ3v) is 0.492. The lowest BCUT2D eigenvalue weighted by Gasteiger charge is -1.66. The van der Waals surface area contributed by atoms with Gasteiger partial charge in [-0.2, -0.15) is 0 Å². The maximum atomic E-state index is 4.92. The highest BCUT2D eigenvalue weighted by molar-refractivity contribution is 5.06. The van der Waals surface area contributed by atoms with E-state index >= 15 is 0 Å². The molecule has 0 aromatic heterocycles. The zero-order valence-corrected chi connectivity index (χ0v) is 4.49. The largest absolute Gasteiger partial charge is 0.119 e. The summed E-state index contributed by atoms with van der Waals surface area (Å²) in [7, 11) is 0. The average molecular weight is 92.1 g/mol. The van der Waals surface area contributed by atoms with Crippen LogP contribution in [0.4, 0.5) is 0 Å². The molecule has 0 amide bonds. The van der Waals surface area contributed by atoms with Crippen LogP contribution >= 0.6 is 0 Å². The van der Waals surface area contributed by atoms with Crippen LogP contribution in [0.15, 0.2) is 0 Å². The van der Waals surface area contributed by atoms with Gasteiger partial charge in [0.1, 0.15) is 0 Å². The predicted octanol–water partition coefficient (Wildman–Crippen LogP) is 1.42. The predicted molar refractivity (Wildman–Crippen MR) is 31.5 cm³/mol. The fourth-order valence-corrected chi connectivity index (χ4v) is 0.239. The molecule has 0 aromatic carbocycles. The van der Waals surface area contributed by atoms with Gasteiger partial charge in [-0.1, -0.05) is 18.8 Å². The SMILES string of the molecule is C#CCC#CCC. The summed E-state index contributed by atoms with van der Waals surface area (Å²) in [6.45, 7) is 2.00. The fraction of sp³-hybridized carbons (Fsp3) is 0.429. The second-order valence-corrected chi connectivity index (χ2v) is 1.09. The minimum atomic E-state index is 0.591. The maximum absolute atomic E-state index is 4.92. The topological polar surface area (TPSA) is 0 Å². The third-order valence-electron chi connectivity index (χ3n) is 0.492. The summed E-state index contributed by atoms with van der Waals surface area (Å²) in [5.41, 5.74) is 0. The molecule has 0 rings (SSSR count). The van der Waals surface area contributed by atoms with Crippen molar-refractivity contribution in [2.75, 3.05) is 0 Å². The Morgan fingerprint density at radius 1 is 1.43 bits per heavy atom. The molecule has 0 aliphatic heterocycles. The van der Waals surface area contributed by atoms with Gasteiger partial charge < -0.3 is 0 Å². The van der Waals surface area contributed by atoms with E-state index in [1.54, 1.807) is 0 Å². The number of terminal acetylenes is 1. The molecule has 7 heavy (non-hydrogen) atoms. The zero-order chi connectivity index (χ0) is 5.54. The Morgan fingerprint density at radius 3 is 2.57 bits per heavy atom. The molecule has 0 aromatic rings. The average Bonchev–Trinajstić information content (AvgIpc) is 1.69. The Balaban J connectivity index is 3.12. The van der Waals surface area contributed by atoms with Crippen molar-refractivity contribution in [3.8, 4) is 24.2 Å². The maximum Gasteiger partial charge on any atom is 0.0700 e. The van der Waals surface area contributed by atoms with Gasteiger partial charge in [0.25, 0.3) is 0 Å². The van der Waals surface area contributed by atoms with Gasteiger partial charge in [0.05, 0.1) is 6.42 Å². The summed E-state index contributed by atoms with van der Waals surface area (Å²) >= 11 is 0. The summed E-state index contributed by atoms with van der Waals surface area (Å²) in [5.74, 6) is 8.08. The van der Waals surface area contributed by atoms with E-state index in [9.17, 15) is 0 Å². The molecule has 0 atom stereocenters. The van der Waals surface area contributed by atoms with E-state index in [1.807, 2.05) is 6.92 Å². The molecule has 0 radical (unpaired) electrons. The summed E-state index contributed by atoms with van der Waals surface area (Å²) in [5, 5.41) is 0. The fourth-order valence-electron chi connectivity index (χ4n) is 0.239. The van der Waals surface area contributed by atoms with E-state index < -0.39 is 0 Å². The van der Waals surface area contributed by atoms with E-state index in [2.05, 4.69) is 17.8 Å². The molecule has 0 saturated heterocycles. The summed E-state index contributed by atoms with van der Waals surface area (Å²) in [6, 6.07) is 0. The second kappa shape index (κ2) is 5.12. The zero-order valence-electron chi connectivity index (χ0n) is 4.49. The van der Waals surface area contributed by atoms with E-state index in [1.165, 1.54) is 0 Å². The highest BCUT2D eigenvalue weighted by atomic mass is 13.6. The first-order valence-corrected chi connectivity index (χ1v) is 2.31. The van der Waals surface area contributed by atoms with Crippen LogP contribution < -0.4 is 0 Å². The van der Waals surface area contributed by atoms with E-state index in [-0.39, 0.29) is 0 Å². The van der Waals surface area contributed by atoms with Crippen molar-refractivity contribution in [3.05, 3.63) is 0 Å². The van der Waals surface area contributed by atoms with Crippen LogP contribution in [0, 0.1) is 24.2 Å². The molecule has 0 bridgehead atoms. The van der Waals surface area contributed by atoms with Crippen LogP contribution in [0.1, 0.15) is 19.8 Å². The molecular formula is C7H8. The van der Waals surface area contributed by atoms with Gasteiger partial charge in [0.15, 0.2) is 0 Å². The quantitative estimate of drug-likeness (QED) is 0.396. The summed E-state index contributed by atoms with van der Waals surface area (Å²) in [6.07, 6.45) is 6.41.